The van der Waals surface area contributed by atoms with Gasteiger partial charge in [0.1, 0.15) is 22.4 Å². The van der Waals surface area contributed by atoms with Gasteiger partial charge in [0.2, 0.25) is 0 Å². The molecule has 0 saturated carbocycles. The maximum absolute atomic E-state index is 9.50. The Labute approximate surface area is 209 Å². The Hall–Kier alpha value is -1.12. The van der Waals surface area contributed by atoms with Crippen LogP contribution in [0.25, 0.3) is 0 Å². The molecule has 6 heteroatoms. The molecule has 0 rings (SSSR count). The van der Waals surface area contributed by atoms with Crippen LogP contribution < -0.4 is 0 Å². The van der Waals surface area contributed by atoms with Crippen molar-refractivity contribution in [1.29, 1.82) is 0 Å². The molecule has 6 nitrogen and oxygen atoms in total. The lowest BCUT2D eigenvalue weighted by Gasteiger charge is -2.29. The van der Waals surface area contributed by atoms with Gasteiger partial charge >= 0.3 is 0 Å². The van der Waals surface area contributed by atoms with E-state index < -0.39 is 22.4 Å². The maximum Gasteiger partial charge on any atom is 0.126 e. The molecule has 200 valence electrons. The second kappa shape index (κ2) is 16.5. The van der Waals surface area contributed by atoms with E-state index in [0.717, 1.165) is 12.8 Å². The highest BCUT2D eigenvalue weighted by Crippen LogP contribution is 2.24. The van der Waals surface area contributed by atoms with E-state index in [-0.39, 0.29) is 26.4 Å². The first-order chi connectivity index (χ1) is 15.5. The monoisotopic (exact) mass is 484 g/mol. The van der Waals surface area contributed by atoms with Crippen LogP contribution in [0.5, 0.6) is 0 Å². The van der Waals surface area contributed by atoms with Crippen molar-refractivity contribution in [2.75, 3.05) is 26.4 Å². The van der Waals surface area contributed by atoms with Gasteiger partial charge in [0.05, 0.1) is 26.4 Å². The van der Waals surface area contributed by atoms with E-state index in [1.54, 1.807) is 13.8 Å². The van der Waals surface area contributed by atoms with Gasteiger partial charge < -0.3 is 29.9 Å². The van der Waals surface area contributed by atoms with Crippen LogP contribution in [0.4, 0.5) is 0 Å². The van der Waals surface area contributed by atoms with Crippen LogP contribution >= 0.6 is 0 Å². The maximum atomic E-state index is 9.50. The highest BCUT2D eigenvalue weighted by atomic mass is 16.5. The van der Waals surface area contributed by atoms with Crippen molar-refractivity contribution < 1.29 is 29.9 Å². The molecule has 0 fully saturated rings. The molecule has 0 bridgehead atoms. The number of hydrogen-bond donors (Lipinski definition) is 4. The first kappa shape index (κ1) is 35.0. The van der Waals surface area contributed by atoms with E-state index in [2.05, 4.69) is 51.4 Å². The molecule has 0 aliphatic heterocycles. The average Bonchev–Trinajstić information content (AvgIpc) is 2.73. The molecule has 4 unspecified atom stereocenters. The standard InChI is InChI=1S/C18H34O4.C10H18O2/c1-15(2)13-17(5,21-11-9-19)7-8-18(6,14-16(3)4)22-12-10-20;1-5-9(3,11)7-8-10(4,12)6-2/h15-16,19-20H,9-14H2,1-6H3;11-12H,5-6H2,1-4H3. The van der Waals surface area contributed by atoms with Crippen LogP contribution in [0.2, 0.25) is 0 Å². The fourth-order valence-corrected chi connectivity index (χ4v) is 3.10. The van der Waals surface area contributed by atoms with E-state index in [1.165, 1.54) is 0 Å². The second-order valence-electron chi connectivity index (χ2n) is 10.6. The van der Waals surface area contributed by atoms with Crippen molar-refractivity contribution in [2.45, 2.75) is 117 Å². The summed E-state index contributed by atoms with van der Waals surface area (Å²) in [6, 6.07) is 0. The molecule has 0 heterocycles. The number of rotatable bonds is 12. The normalized spacial score (nSPS) is 18.1. The van der Waals surface area contributed by atoms with Crippen LogP contribution in [0, 0.1) is 35.5 Å². The van der Waals surface area contributed by atoms with E-state index in [9.17, 15) is 10.2 Å². The molecule has 4 atom stereocenters. The zero-order valence-corrected chi connectivity index (χ0v) is 23.4. The van der Waals surface area contributed by atoms with E-state index in [4.69, 9.17) is 19.7 Å². The van der Waals surface area contributed by atoms with Crippen LogP contribution in [0.1, 0.15) is 94.9 Å². The fourth-order valence-electron chi connectivity index (χ4n) is 3.10. The number of aliphatic hydroxyl groups is 4. The van der Waals surface area contributed by atoms with Crippen molar-refractivity contribution in [2.24, 2.45) is 11.8 Å². The molecule has 0 saturated heterocycles. The van der Waals surface area contributed by atoms with Gasteiger partial charge in [-0.3, -0.25) is 0 Å². The molecule has 0 spiro atoms. The van der Waals surface area contributed by atoms with Crippen molar-refractivity contribution >= 4 is 0 Å². The Balaban J connectivity index is 0. The molecule has 34 heavy (non-hydrogen) atoms. The first-order valence-corrected chi connectivity index (χ1v) is 12.5. The summed E-state index contributed by atoms with van der Waals surface area (Å²) in [5, 5.41) is 37.0. The largest absolute Gasteiger partial charge is 0.394 e. The van der Waals surface area contributed by atoms with E-state index in [1.807, 2.05) is 27.7 Å². The summed E-state index contributed by atoms with van der Waals surface area (Å²) in [5.74, 6) is 12.6. The zero-order chi connectivity index (χ0) is 27.1. The molecule has 0 radical (unpaired) electrons. The summed E-state index contributed by atoms with van der Waals surface area (Å²) in [6.45, 7) is 19.9. The van der Waals surface area contributed by atoms with Gasteiger partial charge in [0.25, 0.3) is 0 Å². The Kier molecular flexibility index (Phi) is 17.0. The van der Waals surface area contributed by atoms with E-state index in [0.29, 0.717) is 24.7 Å². The average molecular weight is 485 g/mol. The quantitative estimate of drug-likeness (QED) is 0.313. The van der Waals surface area contributed by atoms with Gasteiger partial charge in [-0.25, -0.2) is 0 Å². The minimum atomic E-state index is -0.973. The Bertz CT molecular complexity index is 610. The van der Waals surface area contributed by atoms with Gasteiger partial charge in [-0.15, -0.1) is 0 Å². The second-order valence-corrected chi connectivity index (χ2v) is 10.6. The Morgan fingerprint density at radius 2 is 0.912 bits per heavy atom. The number of aliphatic hydroxyl groups excluding tert-OH is 2. The lowest BCUT2D eigenvalue weighted by atomic mass is 9.90. The smallest absolute Gasteiger partial charge is 0.126 e. The number of ether oxygens (including phenoxy) is 2. The Morgan fingerprint density at radius 1 is 0.618 bits per heavy atom. The molecule has 0 aliphatic rings. The number of hydrogen-bond acceptors (Lipinski definition) is 6. The summed E-state index contributed by atoms with van der Waals surface area (Å²) in [4.78, 5) is 0. The van der Waals surface area contributed by atoms with Crippen LogP contribution in [-0.4, -0.2) is 69.3 Å². The molecule has 0 aromatic rings. The first-order valence-electron chi connectivity index (χ1n) is 12.5. The summed E-state index contributed by atoms with van der Waals surface area (Å²) >= 11 is 0. The third kappa shape index (κ3) is 18.2. The third-order valence-corrected chi connectivity index (χ3v) is 5.19. The molecule has 0 aromatic heterocycles. The highest BCUT2D eigenvalue weighted by Gasteiger charge is 2.28. The predicted molar refractivity (Wildman–Crippen MR) is 139 cm³/mol. The van der Waals surface area contributed by atoms with Crippen LogP contribution in [0.3, 0.4) is 0 Å². The lowest BCUT2D eigenvalue weighted by Crippen LogP contribution is -2.34. The van der Waals surface area contributed by atoms with Crippen LogP contribution in [0.15, 0.2) is 0 Å². The molecule has 0 aromatic carbocycles. The summed E-state index contributed by atoms with van der Waals surface area (Å²) in [7, 11) is 0. The SMILES string of the molecule is CC(C)CC(C)(C#CC(C)(CC(C)C)OCCO)OCCO.CCC(C)(O)C#CC(C)(O)CC. The van der Waals surface area contributed by atoms with Gasteiger partial charge in [-0.05, 0) is 65.2 Å². The van der Waals surface area contributed by atoms with Crippen molar-refractivity contribution in [1.82, 2.24) is 0 Å². The molecular formula is C28H52O6. The predicted octanol–water partition coefficient (Wildman–Crippen LogP) is 3.93. The van der Waals surface area contributed by atoms with Gasteiger partial charge in [0, 0.05) is 0 Å². The molecule has 4 N–H and O–H groups in total. The summed E-state index contributed by atoms with van der Waals surface area (Å²) in [5.41, 5.74) is -3.15. The van der Waals surface area contributed by atoms with Crippen molar-refractivity contribution in [3.8, 4) is 23.7 Å². The highest BCUT2D eigenvalue weighted by molar-refractivity contribution is 5.21. The zero-order valence-electron chi connectivity index (χ0n) is 23.4. The minimum Gasteiger partial charge on any atom is -0.394 e. The summed E-state index contributed by atoms with van der Waals surface area (Å²) in [6.07, 6.45) is 2.72. The van der Waals surface area contributed by atoms with Gasteiger partial charge in [-0.1, -0.05) is 65.2 Å². The lowest BCUT2D eigenvalue weighted by molar-refractivity contribution is -0.0255. The van der Waals surface area contributed by atoms with Crippen LogP contribution in [-0.2, 0) is 9.47 Å². The van der Waals surface area contributed by atoms with Gasteiger partial charge in [0.15, 0.2) is 0 Å². The fraction of sp³-hybridized carbons (Fsp3) is 0.857. The summed E-state index contributed by atoms with van der Waals surface area (Å²) < 4.78 is 11.5. The molecular weight excluding hydrogens is 432 g/mol. The molecule has 0 aliphatic carbocycles. The molecule has 0 amide bonds. The van der Waals surface area contributed by atoms with Crippen molar-refractivity contribution in [3.63, 3.8) is 0 Å². The van der Waals surface area contributed by atoms with E-state index >= 15 is 0 Å². The minimum absolute atomic E-state index is 0.0142. The Morgan fingerprint density at radius 3 is 1.12 bits per heavy atom. The third-order valence-electron chi connectivity index (χ3n) is 5.19. The van der Waals surface area contributed by atoms with Gasteiger partial charge in [-0.2, -0.15) is 0 Å². The topological polar surface area (TPSA) is 99.4 Å². The van der Waals surface area contributed by atoms with Crippen molar-refractivity contribution in [3.05, 3.63) is 0 Å².